The topological polar surface area (TPSA) is 194 Å². The zero-order chi connectivity index (χ0) is 31.2. The zero-order valence-electron chi connectivity index (χ0n) is 25.4. The summed E-state index contributed by atoms with van der Waals surface area (Å²) in [6, 6.07) is 6.45. The number of nitrogen functional groups attached to an aromatic ring is 2. The largest absolute Gasteiger partial charge is 0.491 e. The number of nitrogens with one attached hydrogen (secondary N) is 2. The highest BCUT2D eigenvalue weighted by atomic mass is 28.4. The monoisotopic (exact) mass is 596 g/mol. The van der Waals surface area contributed by atoms with Crippen LogP contribution in [0.15, 0.2) is 40.8 Å². The van der Waals surface area contributed by atoms with E-state index in [4.69, 9.17) is 36.5 Å². The molecule has 11 nitrogen and oxygen atoms in total. The number of carbonyl (C=O) groups is 2. The van der Waals surface area contributed by atoms with Gasteiger partial charge in [0.1, 0.15) is 22.8 Å². The molecule has 0 fully saturated rings. The van der Waals surface area contributed by atoms with Crippen molar-refractivity contribution in [3.63, 3.8) is 0 Å². The maximum atomic E-state index is 11.8. The molecular weight excluding hydrogens is 552 g/mol. The fraction of sp³-hybridized carbons (Fsp3) is 0.400. The van der Waals surface area contributed by atoms with Gasteiger partial charge in [0.05, 0.1) is 29.2 Å². The molecule has 1 heterocycles. The number of ether oxygens (including phenoxy) is 1. The van der Waals surface area contributed by atoms with E-state index >= 15 is 0 Å². The molecule has 42 heavy (non-hydrogen) atoms. The summed E-state index contributed by atoms with van der Waals surface area (Å²) in [5, 5.41) is 7.36. The summed E-state index contributed by atoms with van der Waals surface area (Å²) in [6.45, 7) is 14.7. The van der Waals surface area contributed by atoms with Crippen LogP contribution in [-0.4, -0.2) is 46.4 Å². The normalized spacial score (nSPS) is 12.1. The summed E-state index contributed by atoms with van der Waals surface area (Å²) < 4.78 is 17.9. The minimum absolute atomic E-state index is 0.130. The van der Waals surface area contributed by atoms with Gasteiger partial charge >= 0.3 is 0 Å². The Balaban J connectivity index is 1.62. The Hall–Kier alpha value is -4.16. The molecule has 0 spiro atoms. The molecular formula is C30H44N6O5Si. The lowest BCUT2D eigenvalue weighted by molar-refractivity contribution is 0.0992. The number of furan rings is 1. The van der Waals surface area contributed by atoms with E-state index in [0.717, 1.165) is 0 Å². The molecule has 2 amide bonds. The molecule has 3 aromatic rings. The van der Waals surface area contributed by atoms with Gasteiger partial charge in [0, 0.05) is 37.1 Å². The van der Waals surface area contributed by atoms with Crippen LogP contribution in [0.5, 0.6) is 5.75 Å². The molecule has 228 valence electrons. The van der Waals surface area contributed by atoms with Crippen molar-refractivity contribution in [3.05, 3.63) is 53.3 Å². The Kier molecular flexibility index (Phi) is 10.2. The smallest absolute Gasteiger partial charge is 0.252 e. The first-order valence-electron chi connectivity index (χ1n) is 13.9. The second-order valence-electron chi connectivity index (χ2n) is 11.7. The van der Waals surface area contributed by atoms with Crippen molar-refractivity contribution < 1.29 is 23.2 Å². The molecule has 1 aromatic heterocycles. The summed E-state index contributed by atoms with van der Waals surface area (Å²) in [5.41, 5.74) is 26.3. The van der Waals surface area contributed by atoms with Crippen molar-refractivity contribution in [1.29, 1.82) is 0 Å². The summed E-state index contributed by atoms with van der Waals surface area (Å²) in [6.07, 6.45) is 4.52. The van der Waals surface area contributed by atoms with Crippen molar-refractivity contribution >= 4 is 53.9 Å². The van der Waals surface area contributed by atoms with Gasteiger partial charge in [-0.3, -0.25) is 9.59 Å². The summed E-state index contributed by atoms with van der Waals surface area (Å²) in [5.74, 6) is -0.107. The number of carbonyl (C=O) groups excluding carboxylic acids is 2. The quantitative estimate of drug-likeness (QED) is 0.0644. The van der Waals surface area contributed by atoms with Gasteiger partial charge < -0.3 is 47.1 Å². The van der Waals surface area contributed by atoms with E-state index in [1.165, 1.54) is 12.1 Å². The van der Waals surface area contributed by atoms with E-state index in [0.29, 0.717) is 78.0 Å². The third-order valence-electron chi connectivity index (χ3n) is 7.42. The highest BCUT2D eigenvalue weighted by Gasteiger charge is 2.36. The molecule has 0 atom stereocenters. The van der Waals surface area contributed by atoms with E-state index in [1.54, 1.807) is 13.0 Å². The van der Waals surface area contributed by atoms with Crippen molar-refractivity contribution in [2.75, 3.05) is 48.4 Å². The molecule has 0 saturated carbocycles. The number of hydrogen-bond acceptors (Lipinski definition) is 9. The third-order valence-corrected chi connectivity index (χ3v) is 12.0. The van der Waals surface area contributed by atoms with Crippen LogP contribution in [0.25, 0.3) is 11.0 Å². The minimum Gasteiger partial charge on any atom is -0.491 e. The lowest BCUT2D eigenvalue weighted by atomic mass is 10.1. The number of fused-ring (bicyclic) bond motifs is 1. The first-order chi connectivity index (χ1) is 19.6. The summed E-state index contributed by atoms with van der Waals surface area (Å²) in [7, 11) is -1.84. The van der Waals surface area contributed by atoms with Crippen molar-refractivity contribution in [1.82, 2.24) is 0 Å². The van der Waals surface area contributed by atoms with Gasteiger partial charge in [0.15, 0.2) is 8.32 Å². The van der Waals surface area contributed by atoms with Gasteiger partial charge in [-0.15, -0.1) is 0 Å². The molecule has 0 bridgehead atoms. The van der Waals surface area contributed by atoms with E-state index in [-0.39, 0.29) is 16.2 Å². The number of primary amides is 2. The fourth-order valence-corrected chi connectivity index (χ4v) is 5.17. The average molecular weight is 597 g/mol. The van der Waals surface area contributed by atoms with Crippen LogP contribution in [0.1, 0.15) is 53.7 Å². The standard InChI is InChI=1S/C30H44N6O5Si/c1-18-14-20-25(23(32)17-21(29(34)38)27(20)41-18)35-10-7-8-11-36-26-22(31)15-19(28(33)37)16-24(26)39-12-9-13-40-42(5,6)30(2,3)4/h7-8,14-17,35-36H,9-13,31-32H2,1-6H3,(H2,33,37)(H2,34,38)/b8-7+. The molecule has 0 saturated heterocycles. The van der Waals surface area contributed by atoms with Gasteiger partial charge in [0.25, 0.3) is 5.91 Å². The minimum atomic E-state index is -1.84. The second-order valence-corrected chi connectivity index (χ2v) is 16.5. The number of amides is 2. The summed E-state index contributed by atoms with van der Waals surface area (Å²) in [4.78, 5) is 23.6. The van der Waals surface area contributed by atoms with E-state index in [2.05, 4.69) is 44.5 Å². The van der Waals surface area contributed by atoms with Crippen molar-refractivity contribution in [3.8, 4) is 5.75 Å². The number of rotatable bonds is 14. The van der Waals surface area contributed by atoms with E-state index in [9.17, 15) is 9.59 Å². The lowest BCUT2D eigenvalue weighted by Gasteiger charge is -2.36. The van der Waals surface area contributed by atoms with Crippen LogP contribution >= 0.6 is 0 Å². The first-order valence-corrected chi connectivity index (χ1v) is 16.8. The fourth-order valence-electron chi connectivity index (χ4n) is 4.08. The molecule has 10 N–H and O–H groups in total. The maximum absolute atomic E-state index is 11.8. The van der Waals surface area contributed by atoms with E-state index < -0.39 is 20.1 Å². The van der Waals surface area contributed by atoms with Crippen LogP contribution in [0.2, 0.25) is 18.1 Å². The summed E-state index contributed by atoms with van der Waals surface area (Å²) >= 11 is 0. The molecule has 0 aliphatic heterocycles. The Labute approximate surface area is 248 Å². The van der Waals surface area contributed by atoms with Crippen LogP contribution < -0.4 is 38.3 Å². The lowest BCUT2D eigenvalue weighted by Crippen LogP contribution is -2.41. The number of anilines is 4. The predicted octanol–water partition coefficient (Wildman–Crippen LogP) is 4.97. The van der Waals surface area contributed by atoms with Crippen LogP contribution in [-0.2, 0) is 4.43 Å². The van der Waals surface area contributed by atoms with E-state index in [1.807, 2.05) is 18.2 Å². The Bertz CT molecular complexity index is 1480. The molecule has 0 aliphatic rings. The molecule has 12 heteroatoms. The number of benzene rings is 2. The van der Waals surface area contributed by atoms with Gasteiger partial charge in [-0.05, 0) is 49.3 Å². The van der Waals surface area contributed by atoms with Crippen LogP contribution in [0.4, 0.5) is 22.7 Å². The van der Waals surface area contributed by atoms with Crippen LogP contribution in [0.3, 0.4) is 0 Å². The first kappa shape index (κ1) is 32.4. The Morgan fingerprint density at radius 1 is 0.929 bits per heavy atom. The third kappa shape index (κ3) is 7.77. The van der Waals surface area contributed by atoms with Gasteiger partial charge in [-0.1, -0.05) is 32.9 Å². The molecule has 0 unspecified atom stereocenters. The van der Waals surface area contributed by atoms with Gasteiger partial charge in [-0.2, -0.15) is 0 Å². The van der Waals surface area contributed by atoms with Crippen molar-refractivity contribution in [2.24, 2.45) is 11.5 Å². The molecule has 0 aliphatic carbocycles. The second kappa shape index (κ2) is 13.2. The Morgan fingerprint density at radius 2 is 1.55 bits per heavy atom. The van der Waals surface area contributed by atoms with Crippen LogP contribution in [0, 0.1) is 6.92 Å². The number of nitrogens with two attached hydrogens (primary N) is 4. The average Bonchev–Trinajstić information content (AvgIpc) is 3.27. The molecule has 2 aromatic carbocycles. The highest BCUT2D eigenvalue weighted by Crippen LogP contribution is 2.37. The van der Waals surface area contributed by atoms with Gasteiger partial charge in [-0.25, -0.2) is 0 Å². The zero-order valence-corrected chi connectivity index (χ0v) is 26.4. The molecule has 0 radical (unpaired) electrons. The Morgan fingerprint density at radius 3 is 2.14 bits per heavy atom. The predicted molar refractivity (Wildman–Crippen MR) is 173 cm³/mol. The number of aryl methyl sites for hydroxylation is 1. The number of hydrogen-bond donors (Lipinski definition) is 6. The highest BCUT2D eigenvalue weighted by molar-refractivity contribution is 6.74. The SMILES string of the molecule is Cc1cc2c(NC/C=C/CNc3c(N)cc(C(N)=O)cc3OCCCO[Si](C)(C)C(C)(C)C)c(N)cc(C(N)=O)c2o1. The molecule has 3 rings (SSSR count). The van der Waals surface area contributed by atoms with Gasteiger partial charge in [0.2, 0.25) is 5.91 Å². The maximum Gasteiger partial charge on any atom is 0.252 e. The van der Waals surface area contributed by atoms with Crippen molar-refractivity contribution in [2.45, 2.75) is 52.2 Å².